The second kappa shape index (κ2) is 15.3. The fourth-order valence-corrected chi connectivity index (χ4v) is 4.76. The van der Waals surface area contributed by atoms with E-state index in [4.69, 9.17) is 33.0 Å². The van der Waals surface area contributed by atoms with Crippen molar-refractivity contribution >= 4 is 29.2 Å². The molecule has 0 aliphatic carbocycles. The van der Waals surface area contributed by atoms with E-state index in [1.165, 1.54) is 42.4 Å². The van der Waals surface area contributed by atoms with Gasteiger partial charge in [-0.3, -0.25) is 4.79 Å². The Morgan fingerprint density at radius 3 is 2.35 bits per heavy atom. The summed E-state index contributed by atoms with van der Waals surface area (Å²) in [7, 11) is 0. The third-order valence-electron chi connectivity index (χ3n) is 6.22. The summed E-state index contributed by atoms with van der Waals surface area (Å²) in [6.07, 6.45) is 8.27. The first-order chi connectivity index (χ1) is 16.3. The van der Waals surface area contributed by atoms with Crippen molar-refractivity contribution in [3.63, 3.8) is 0 Å². The SMILES string of the molecule is CCCCCC(CCCOc1c(Cl)cc(CNCCC(=O)O)cc1Cl)Cc1ccc(C)c(C)c1. The standard InChI is InChI=1S/C28H39Cl2NO3/c1-4-5-6-8-22(16-23-11-10-20(2)21(3)15-23)9-7-14-34-28-25(29)17-24(18-26(28)30)19-31-13-12-27(32)33/h10-11,15,17-18,22,31H,4-9,12-14,16,19H2,1-3H3,(H,32,33). The molecule has 1 unspecified atom stereocenters. The summed E-state index contributed by atoms with van der Waals surface area (Å²) in [5.74, 6) is 0.339. The van der Waals surface area contributed by atoms with Crippen molar-refractivity contribution in [3.8, 4) is 5.75 Å². The monoisotopic (exact) mass is 507 g/mol. The number of carboxylic acid groups (broad SMARTS) is 1. The van der Waals surface area contributed by atoms with Gasteiger partial charge in [0.1, 0.15) is 0 Å². The Morgan fingerprint density at radius 2 is 1.71 bits per heavy atom. The van der Waals surface area contributed by atoms with Gasteiger partial charge in [-0.05, 0) is 73.4 Å². The van der Waals surface area contributed by atoms with Gasteiger partial charge in [-0.25, -0.2) is 0 Å². The molecule has 2 aromatic carbocycles. The molecule has 0 fully saturated rings. The third kappa shape index (κ3) is 10.2. The number of benzene rings is 2. The molecule has 0 bridgehead atoms. The molecule has 4 nitrogen and oxygen atoms in total. The third-order valence-corrected chi connectivity index (χ3v) is 6.78. The number of hydrogen-bond donors (Lipinski definition) is 2. The van der Waals surface area contributed by atoms with Gasteiger partial charge in [0.15, 0.2) is 5.75 Å². The highest BCUT2D eigenvalue weighted by Gasteiger charge is 2.13. The Hall–Kier alpha value is -1.75. The summed E-state index contributed by atoms with van der Waals surface area (Å²) in [5, 5.41) is 12.8. The Labute approximate surface area is 215 Å². The van der Waals surface area contributed by atoms with Crippen LogP contribution in [0.4, 0.5) is 0 Å². The number of unbranched alkanes of at least 4 members (excludes halogenated alkanes) is 2. The minimum absolute atomic E-state index is 0.0750. The summed E-state index contributed by atoms with van der Waals surface area (Å²) >= 11 is 12.9. The molecule has 0 saturated heterocycles. The van der Waals surface area contributed by atoms with Crippen molar-refractivity contribution < 1.29 is 14.6 Å². The fraction of sp³-hybridized carbons (Fsp3) is 0.536. The number of aliphatic carboxylic acids is 1. The molecule has 0 amide bonds. The molecule has 0 radical (unpaired) electrons. The van der Waals surface area contributed by atoms with E-state index in [1.54, 1.807) is 0 Å². The zero-order chi connectivity index (χ0) is 24.9. The molecule has 0 aromatic heterocycles. The predicted octanol–water partition coefficient (Wildman–Crippen LogP) is 7.77. The van der Waals surface area contributed by atoms with Crippen molar-refractivity contribution in [3.05, 3.63) is 62.6 Å². The Kier molecular flexibility index (Phi) is 12.8. The lowest BCUT2D eigenvalue weighted by Gasteiger charge is -2.18. The molecule has 2 rings (SSSR count). The molecular weight excluding hydrogens is 469 g/mol. The highest BCUT2D eigenvalue weighted by molar-refractivity contribution is 6.37. The van der Waals surface area contributed by atoms with Crippen LogP contribution in [-0.4, -0.2) is 24.2 Å². The maximum absolute atomic E-state index is 10.6. The molecule has 2 N–H and O–H groups in total. The van der Waals surface area contributed by atoms with Crippen LogP contribution in [0.2, 0.25) is 10.0 Å². The maximum atomic E-state index is 10.6. The summed E-state index contributed by atoms with van der Waals surface area (Å²) < 4.78 is 5.98. The number of nitrogens with one attached hydrogen (secondary N) is 1. The molecule has 188 valence electrons. The minimum atomic E-state index is -0.825. The van der Waals surface area contributed by atoms with E-state index in [0.29, 0.717) is 41.4 Å². The van der Waals surface area contributed by atoms with E-state index in [-0.39, 0.29) is 6.42 Å². The molecule has 2 aromatic rings. The summed E-state index contributed by atoms with van der Waals surface area (Å²) in [6.45, 7) is 8.07. The van der Waals surface area contributed by atoms with Crippen molar-refractivity contribution in [2.24, 2.45) is 5.92 Å². The molecule has 6 heteroatoms. The molecule has 0 spiro atoms. The van der Waals surface area contributed by atoms with Crippen molar-refractivity contribution in [1.29, 1.82) is 0 Å². The van der Waals surface area contributed by atoms with E-state index < -0.39 is 5.97 Å². The Morgan fingerprint density at radius 1 is 1.00 bits per heavy atom. The van der Waals surface area contributed by atoms with Crippen LogP contribution in [0.1, 0.15) is 74.1 Å². The van der Waals surface area contributed by atoms with Crippen molar-refractivity contribution in [2.45, 2.75) is 78.7 Å². The highest BCUT2D eigenvalue weighted by atomic mass is 35.5. The highest BCUT2D eigenvalue weighted by Crippen LogP contribution is 2.34. The van der Waals surface area contributed by atoms with Gasteiger partial charge in [-0.2, -0.15) is 0 Å². The van der Waals surface area contributed by atoms with E-state index in [9.17, 15) is 4.79 Å². The number of rotatable bonds is 16. The second-order valence-electron chi connectivity index (χ2n) is 9.18. The maximum Gasteiger partial charge on any atom is 0.304 e. The van der Waals surface area contributed by atoms with Crippen LogP contribution >= 0.6 is 23.2 Å². The lowest BCUT2D eigenvalue weighted by molar-refractivity contribution is -0.136. The van der Waals surface area contributed by atoms with Crippen molar-refractivity contribution in [2.75, 3.05) is 13.2 Å². The van der Waals surface area contributed by atoms with Gasteiger partial charge in [-0.1, -0.05) is 74.0 Å². The molecule has 0 aliphatic heterocycles. The predicted molar refractivity (Wildman–Crippen MR) is 142 cm³/mol. The Balaban J connectivity index is 1.87. The van der Waals surface area contributed by atoms with Crippen LogP contribution in [0.25, 0.3) is 0 Å². The number of carbonyl (C=O) groups is 1. The second-order valence-corrected chi connectivity index (χ2v) is 10.00. The van der Waals surface area contributed by atoms with Crippen LogP contribution < -0.4 is 10.1 Å². The number of ether oxygens (including phenoxy) is 1. The number of halogens is 2. The topological polar surface area (TPSA) is 58.6 Å². The van der Waals surface area contributed by atoms with Crippen LogP contribution in [0.5, 0.6) is 5.75 Å². The number of aryl methyl sites for hydroxylation is 2. The zero-order valence-corrected chi connectivity index (χ0v) is 22.3. The van der Waals surface area contributed by atoms with Crippen molar-refractivity contribution in [1.82, 2.24) is 5.32 Å². The van der Waals surface area contributed by atoms with E-state index >= 15 is 0 Å². The molecule has 1 atom stereocenters. The van der Waals surface area contributed by atoms with E-state index in [1.807, 2.05) is 12.1 Å². The van der Waals surface area contributed by atoms with Gasteiger partial charge < -0.3 is 15.2 Å². The number of carboxylic acids is 1. The van der Waals surface area contributed by atoms with Gasteiger partial charge in [0, 0.05) is 13.1 Å². The van der Waals surface area contributed by atoms with Crippen LogP contribution in [-0.2, 0) is 17.8 Å². The minimum Gasteiger partial charge on any atom is -0.490 e. The zero-order valence-electron chi connectivity index (χ0n) is 20.8. The summed E-state index contributed by atoms with van der Waals surface area (Å²) in [6, 6.07) is 10.5. The smallest absolute Gasteiger partial charge is 0.304 e. The molecule has 34 heavy (non-hydrogen) atoms. The first kappa shape index (κ1) is 28.5. The lowest BCUT2D eigenvalue weighted by Crippen LogP contribution is -2.17. The van der Waals surface area contributed by atoms with Crippen LogP contribution in [0, 0.1) is 19.8 Å². The Bertz CT molecular complexity index is 894. The first-order valence-electron chi connectivity index (χ1n) is 12.4. The molecular formula is C28H39Cl2NO3. The van der Waals surface area contributed by atoms with Gasteiger partial charge in [0.2, 0.25) is 0 Å². The molecule has 0 aliphatic rings. The van der Waals surface area contributed by atoms with Gasteiger partial charge in [0.25, 0.3) is 0 Å². The normalized spacial score (nSPS) is 12.0. The molecule has 0 saturated carbocycles. The van der Waals surface area contributed by atoms with E-state index in [0.717, 1.165) is 24.8 Å². The van der Waals surface area contributed by atoms with Crippen LogP contribution in [0.3, 0.4) is 0 Å². The summed E-state index contributed by atoms with van der Waals surface area (Å²) in [5.41, 5.74) is 5.02. The fourth-order valence-electron chi connectivity index (χ4n) is 4.12. The summed E-state index contributed by atoms with van der Waals surface area (Å²) in [4.78, 5) is 10.6. The molecule has 0 heterocycles. The average molecular weight is 509 g/mol. The van der Waals surface area contributed by atoms with Gasteiger partial charge >= 0.3 is 5.97 Å². The quantitative estimate of drug-likeness (QED) is 0.227. The van der Waals surface area contributed by atoms with E-state index in [2.05, 4.69) is 44.3 Å². The van der Waals surface area contributed by atoms with Crippen LogP contribution in [0.15, 0.2) is 30.3 Å². The van der Waals surface area contributed by atoms with Gasteiger partial charge in [-0.15, -0.1) is 0 Å². The largest absolute Gasteiger partial charge is 0.490 e. The number of hydrogen-bond acceptors (Lipinski definition) is 3. The lowest BCUT2D eigenvalue weighted by atomic mass is 9.89. The first-order valence-corrected chi connectivity index (χ1v) is 13.1. The average Bonchev–Trinajstić information content (AvgIpc) is 2.78. The van der Waals surface area contributed by atoms with Gasteiger partial charge in [0.05, 0.1) is 23.1 Å².